The summed E-state index contributed by atoms with van der Waals surface area (Å²) < 4.78 is 29.6. The minimum atomic E-state index is -1.18. The van der Waals surface area contributed by atoms with Gasteiger partial charge in [-0.1, -0.05) is 31.8 Å². The zero-order valence-corrected chi connectivity index (χ0v) is 24.9. The summed E-state index contributed by atoms with van der Waals surface area (Å²) in [5, 5.41) is 8.77. The van der Waals surface area contributed by atoms with Gasteiger partial charge in [0.25, 0.3) is 0 Å². The number of carbonyl (C=O) groups excluding carboxylic acids is 1. The molecule has 0 N–H and O–H groups in total. The number of cyclic esters (lactones) is 1. The van der Waals surface area contributed by atoms with Crippen LogP contribution in [0.5, 0.6) is 0 Å². The van der Waals surface area contributed by atoms with Crippen molar-refractivity contribution in [2.75, 3.05) is 18.1 Å². The highest BCUT2D eigenvalue weighted by Gasteiger charge is 2.36. The van der Waals surface area contributed by atoms with Crippen molar-refractivity contribution in [3.05, 3.63) is 78.4 Å². The van der Waals surface area contributed by atoms with Crippen molar-refractivity contribution in [2.45, 2.75) is 45.4 Å². The van der Waals surface area contributed by atoms with Crippen LogP contribution in [0.3, 0.4) is 0 Å². The van der Waals surface area contributed by atoms with Crippen LogP contribution in [-0.4, -0.2) is 61.7 Å². The Morgan fingerprint density at radius 2 is 1.95 bits per heavy atom. The van der Waals surface area contributed by atoms with E-state index in [9.17, 15) is 4.79 Å². The molecule has 1 amide bonds. The second-order valence-corrected chi connectivity index (χ2v) is 17.1. The Bertz CT molecular complexity index is 1750. The maximum absolute atomic E-state index is 15.4. The van der Waals surface area contributed by atoms with Gasteiger partial charge in [-0.15, -0.1) is 5.10 Å². The van der Waals surface area contributed by atoms with Crippen LogP contribution in [0.15, 0.2) is 61.3 Å². The van der Waals surface area contributed by atoms with Crippen LogP contribution in [0.25, 0.3) is 28.2 Å². The number of benzene rings is 1. The smallest absolute Gasteiger partial charge is 0.416 e. The van der Waals surface area contributed by atoms with Crippen molar-refractivity contribution in [2.24, 2.45) is 0 Å². The van der Waals surface area contributed by atoms with Crippen LogP contribution in [0.4, 0.5) is 15.0 Å². The molecule has 1 aromatic carbocycles. The van der Waals surface area contributed by atoms with Gasteiger partial charge in [-0.25, -0.2) is 28.4 Å². The molecule has 4 aromatic heterocycles. The second-order valence-electron chi connectivity index (χ2n) is 11.5. The molecule has 1 saturated heterocycles. The van der Waals surface area contributed by atoms with Gasteiger partial charge in [0.1, 0.15) is 37.3 Å². The summed E-state index contributed by atoms with van der Waals surface area (Å²) in [6.45, 7) is 9.89. The summed E-state index contributed by atoms with van der Waals surface area (Å²) >= 11 is 0. The topological polar surface area (TPSA) is 113 Å². The number of ether oxygens (including phenoxy) is 2. The second kappa shape index (κ2) is 11.1. The number of aromatic nitrogens is 7. The van der Waals surface area contributed by atoms with E-state index >= 15 is 4.39 Å². The van der Waals surface area contributed by atoms with Gasteiger partial charge in [0, 0.05) is 38.3 Å². The minimum absolute atomic E-state index is 0.184. The molecule has 0 radical (unpaired) electrons. The molecule has 1 aliphatic rings. The van der Waals surface area contributed by atoms with Crippen molar-refractivity contribution in [1.82, 2.24) is 34.3 Å². The van der Waals surface area contributed by atoms with Crippen molar-refractivity contribution in [1.29, 1.82) is 0 Å². The standard InChI is InChI=1S/C29H31FN8O3Si/c1-19-5-6-21(14-31-19)25-16-41-29(39)38(25)26-9-10-37-28(34-26)23(15-33-37)20-7-8-22(24(30)13-20)27-32-17-36(35-27)18-40-11-12-42(2,3)4/h5-10,13-15,17,25H,11-12,16,18H2,1-4H3. The number of hydrogen-bond acceptors (Lipinski definition) is 8. The number of carbonyl (C=O) groups is 1. The maximum atomic E-state index is 15.4. The first-order chi connectivity index (χ1) is 20.2. The van der Waals surface area contributed by atoms with Gasteiger partial charge in [-0.3, -0.25) is 9.88 Å². The van der Waals surface area contributed by atoms with E-state index in [1.807, 2.05) is 19.1 Å². The zero-order chi connectivity index (χ0) is 29.4. The Labute approximate surface area is 243 Å². The molecule has 5 aromatic rings. The Hall–Kier alpha value is -4.49. The predicted octanol–water partition coefficient (Wildman–Crippen LogP) is 5.51. The van der Waals surface area contributed by atoms with E-state index < -0.39 is 20.0 Å². The van der Waals surface area contributed by atoms with Gasteiger partial charge in [-0.05, 0) is 48.4 Å². The molecular formula is C29H31FN8O3Si. The van der Waals surface area contributed by atoms with Crippen molar-refractivity contribution in [3.8, 4) is 22.5 Å². The Morgan fingerprint density at radius 3 is 2.71 bits per heavy atom. The van der Waals surface area contributed by atoms with Crippen LogP contribution >= 0.6 is 0 Å². The van der Waals surface area contributed by atoms with Gasteiger partial charge < -0.3 is 9.47 Å². The molecule has 0 saturated carbocycles. The first-order valence-corrected chi connectivity index (χ1v) is 17.4. The van der Waals surface area contributed by atoms with Gasteiger partial charge in [0.15, 0.2) is 11.5 Å². The van der Waals surface area contributed by atoms with E-state index in [1.165, 1.54) is 17.3 Å². The number of fused-ring (bicyclic) bond motifs is 1. The Balaban J connectivity index is 1.24. The minimum Gasteiger partial charge on any atom is -0.447 e. The average molecular weight is 587 g/mol. The highest BCUT2D eigenvalue weighted by Crippen LogP contribution is 2.34. The Kier molecular flexibility index (Phi) is 7.29. The summed E-state index contributed by atoms with van der Waals surface area (Å²) in [6.07, 6.45) is 6.11. The zero-order valence-electron chi connectivity index (χ0n) is 23.9. The summed E-state index contributed by atoms with van der Waals surface area (Å²) in [4.78, 5) is 27.6. The molecule has 11 nitrogen and oxygen atoms in total. The van der Waals surface area contributed by atoms with E-state index in [0.29, 0.717) is 29.2 Å². The third-order valence-corrected chi connectivity index (χ3v) is 8.77. The molecule has 0 bridgehead atoms. The van der Waals surface area contributed by atoms with Crippen molar-refractivity contribution >= 4 is 25.6 Å². The van der Waals surface area contributed by atoms with E-state index in [0.717, 1.165) is 17.3 Å². The van der Waals surface area contributed by atoms with Crippen LogP contribution in [0.2, 0.25) is 25.7 Å². The SMILES string of the molecule is Cc1ccc(C2COC(=O)N2c2ccn3ncc(-c4ccc(-c5ncn(COCC[Si](C)(C)C)n5)c(F)c4)c3n2)cn1. The third-order valence-electron chi connectivity index (χ3n) is 7.07. The number of pyridine rings is 1. The molecule has 1 atom stereocenters. The number of nitrogens with zero attached hydrogens (tertiary/aromatic N) is 8. The molecule has 42 heavy (non-hydrogen) atoms. The van der Waals surface area contributed by atoms with E-state index in [-0.39, 0.29) is 30.8 Å². The number of aryl methyl sites for hydroxylation is 1. The van der Waals surface area contributed by atoms with Crippen LogP contribution < -0.4 is 4.90 Å². The molecule has 216 valence electrons. The van der Waals surface area contributed by atoms with Crippen molar-refractivity contribution < 1.29 is 18.7 Å². The molecule has 5 heterocycles. The van der Waals surface area contributed by atoms with E-state index in [1.54, 1.807) is 46.0 Å². The molecule has 1 aliphatic heterocycles. The lowest BCUT2D eigenvalue weighted by Crippen LogP contribution is -2.28. The van der Waals surface area contributed by atoms with Crippen LogP contribution in [0, 0.1) is 12.7 Å². The lowest BCUT2D eigenvalue weighted by atomic mass is 10.1. The highest BCUT2D eigenvalue weighted by molar-refractivity contribution is 6.76. The normalized spacial score (nSPS) is 15.5. The third kappa shape index (κ3) is 5.65. The lowest BCUT2D eigenvalue weighted by Gasteiger charge is -2.20. The fourth-order valence-corrected chi connectivity index (χ4v) is 5.43. The monoisotopic (exact) mass is 586 g/mol. The van der Waals surface area contributed by atoms with Gasteiger partial charge in [0.2, 0.25) is 0 Å². The van der Waals surface area contributed by atoms with Crippen LogP contribution in [0.1, 0.15) is 17.3 Å². The number of halogens is 1. The first-order valence-electron chi connectivity index (χ1n) is 13.7. The predicted molar refractivity (Wildman–Crippen MR) is 157 cm³/mol. The molecule has 0 aliphatic carbocycles. The lowest BCUT2D eigenvalue weighted by molar-refractivity contribution is 0.0784. The molecular weight excluding hydrogens is 555 g/mol. The summed E-state index contributed by atoms with van der Waals surface area (Å²) in [5.41, 5.74) is 3.65. The van der Waals surface area contributed by atoms with Crippen LogP contribution in [-0.2, 0) is 16.2 Å². The molecule has 1 unspecified atom stereocenters. The average Bonchev–Trinajstić information content (AvgIpc) is 3.69. The first kappa shape index (κ1) is 27.7. The van der Waals surface area contributed by atoms with Crippen molar-refractivity contribution in [3.63, 3.8) is 0 Å². The number of hydrogen-bond donors (Lipinski definition) is 0. The van der Waals surface area contributed by atoms with E-state index in [4.69, 9.17) is 14.5 Å². The highest BCUT2D eigenvalue weighted by atomic mass is 28.3. The van der Waals surface area contributed by atoms with Gasteiger partial charge in [-0.2, -0.15) is 5.10 Å². The van der Waals surface area contributed by atoms with Gasteiger partial charge >= 0.3 is 6.09 Å². The van der Waals surface area contributed by atoms with Gasteiger partial charge in [0.05, 0.1) is 11.8 Å². The Morgan fingerprint density at radius 1 is 1.10 bits per heavy atom. The largest absolute Gasteiger partial charge is 0.447 e. The number of rotatable bonds is 9. The maximum Gasteiger partial charge on any atom is 0.416 e. The van der Waals surface area contributed by atoms with E-state index in [2.05, 4.69) is 39.8 Å². The molecule has 0 spiro atoms. The number of amides is 1. The number of anilines is 1. The fraction of sp³-hybridized carbons (Fsp3) is 0.310. The summed E-state index contributed by atoms with van der Waals surface area (Å²) in [6, 6.07) is 11.0. The molecule has 6 rings (SSSR count). The quantitative estimate of drug-likeness (QED) is 0.164. The summed E-state index contributed by atoms with van der Waals surface area (Å²) in [5.74, 6) is 0.198. The molecule has 1 fully saturated rings. The molecule has 13 heteroatoms. The fourth-order valence-electron chi connectivity index (χ4n) is 4.67. The summed E-state index contributed by atoms with van der Waals surface area (Å²) in [7, 11) is -1.18.